The molecule has 1 aromatic rings. The van der Waals surface area contributed by atoms with E-state index in [4.69, 9.17) is 0 Å². The Bertz CT molecular complexity index is 544. The molecule has 0 unspecified atom stereocenters. The molecule has 5 nitrogen and oxygen atoms in total. The molecule has 1 aromatic carbocycles. The van der Waals surface area contributed by atoms with Gasteiger partial charge in [0.25, 0.3) is 5.91 Å². The molecule has 2 amide bonds. The Morgan fingerprint density at radius 3 is 2.86 bits per heavy atom. The van der Waals surface area contributed by atoms with Gasteiger partial charge in [-0.15, -0.1) is 12.4 Å². The SMILES string of the molecule is Cl.O=C(N[C@H]1CCCNC1)c1cccc(N2CCCC2=O)c1. The molecule has 2 aliphatic heterocycles. The number of nitrogens with one attached hydrogen (secondary N) is 2. The van der Waals surface area contributed by atoms with Crippen LogP contribution in [0.4, 0.5) is 5.69 Å². The van der Waals surface area contributed by atoms with Gasteiger partial charge in [0.2, 0.25) is 5.91 Å². The average molecular weight is 324 g/mol. The van der Waals surface area contributed by atoms with E-state index < -0.39 is 0 Å². The summed E-state index contributed by atoms with van der Waals surface area (Å²) in [5.74, 6) is 0.0845. The van der Waals surface area contributed by atoms with Crippen molar-refractivity contribution in [2.24, 2.45) is 0 Å². The predicted octanol–water partition coefficient (Wildman–Crippen LogP) is 1.72. The fraction of sp³-hybridized carbons (Fsp3) is 0.500. The summed E-state index contributed by atoms with van der Waals surface area (Å²) < 4.78 is 0. The summed E-state index contributed by atoms with van der Waals surface area (Å²) in [4.78, 5) is 25.9. The van der Waals surface area contributed by atoms with Crippen molar-refractivity contribution in [1.82, 2.24) is 10.6 Å². The van der Waals surface area contributed by atoms with Gasteiger partial charge in [0.1, 0.15) is 0 Å². The van der Waals surface area contributed by atoms with Crippen LogP contribution in [0.5, 0.6) is 0 Å². The van der Waals surface area contributed by atoms with Gasteiger partial charge < -0.3 is 15.5 Å². The predicted molar refractivity (Wildman–Crippen MR) is 88.6 cm³/mol. The van der Waals surface area contributed by atoms with Crippen LogP contribution >= 0.6 is 12.4 Å². The van der Waals surface area contributed by atoms with Crippen LogP contribution in [-0.4, -0.2) is 37.5 Å². The van der Waals surface area contributed by atoms with Crippen molar-refractivity contribution in [3.05, 3.63) is 29.8 Å². The highest BCUT2D eigenvalue weighted by molar-refractivity contribution is 5.99. The minimum atomic E-state index is -0.0582. The van der Waals surface area contributed by atoms with Crippen LogP contribution in [0.25, 0.3) is 0 Å². The van der Waals surface area contributed by atoms with Gasteiger partial charge in [0, 0.05) is 36.8 Å². The molecule has 0 aromatic heterocycles. The average Bonchev–Trinajstić information content (AvgIpc) is 2.94. The van der Waals surface area contributed by atoms with Gasteiger partial charge in [-0.2, -0.15) is 0 Å². The number of benzene rings is 1. The number of nitrogens with zero attached hydrogens (tertiary/aromatic N) is 1. The second-order valence-corrected chi connectivity index (χ2v) is 5.72. The number of rotatable bonds is 3. The topological polar surface area (TPSA) is 61.4 Å². The number of hydrogen-bond donors (Lipinski definition) is 2. The van der Waals surface area contributed by atoms with Gasteiger partial charge in [0.15, 0.2) is 0 Å². The van der Waals surface area contributed by atoms with Crippen LogP contribution in [0, 0.1) is 0 Å². The van der Waals surface area contributed by atoms with Crippen molar-refractivity contribution >= 4 is 29.9 Å². The summed E-state index contributed by atoms with van der Waals surface area (Å²) in [6.07, 6.45) is 3.60. The van der Waals surface area contributed by atoms with Crippen molar-refractivity contribution in [2.75, 3.05) is 24.5 Å². The van der Waals surface area contributed by atoms with E-state index in [2.05, 4.69) is 10.6 Å². The number of halogens is 1. The summed E-state index contributed by atoms with van der Waals surface area (Å²) in [7, 11) is 0. The molecule has 0 spiro atoms. The maximum Gasteiger partial charge on any atom is 0.251 e. The number of amides is 2. The largest absolute Gasteiger partial charge is 0.348 e. The molecular formula is C16H22ClN3O2. The molecule has 0 aliphatic carbocycles. The second-order valence-electron chi connectivity index (χ2n) is 5.72. The Morgan fingerprint density at radius 1 is 1.32 bits per heavy atom. The first-order valence-electron chi connectivity index (χ1n) is 7.66. The lowest BCUT2D eigenvalue weighted by Gasteiger charge is -2.24. The lowest BCUT2D eigenvalue weighted by molar-refractivity contribution is -0.117. The van der Waals surface area contributed by atoms with Crippen LogP contribution < -0.4 is 15.5 Å². The maximum absolute atomic E-state index is 12.3. The third-order valence-electron chi connectivity index (χ3n) is 4.13. The first kappa shape index (κ1) is 16.8. The van der Waals surface area contributed by atoms with E-state index in [0.717, 1.165) is 44.6 Å². The molecule has 1 atom stereocenters. The molecule has 2 fully saturated rings. The van der Waals surface area contributed by atoms with Gasteiger partial charge in [0.05, 0.1) is 0 Å². The van der Waals surface area contributed by atoms with Crippen molar-refractivity contribution in [3.8, 4) is 0 Å². The highest BCUT2D eigenvalue weighted by Crippen LogP contribution is 2.22. The lowest BCUT2D eigenvalue weighted by atomic mass is 10.1. The molecular weight excluding hydrogens is 302 g/mol. The van der Waals surface area contributed by atoms with E-state index in [0.29, 0.717) is 12.0 Å². The van der Waals surface area contributed by atoms with Gasteiger partial charge in [-0.25, -0.2) is 0 Å². The highest BCUT2D eigenvalue weighted by atomic mass is 35.5. The highest BCUT2D eigenvalue weighted by Gasteiger charge is 2.23. The Balaban J connectivity index is 0.00000176. The molecule has 3 rings (SSSR count). The zero-order chi connectivity index (χ0) is 14.7. The third-order valence-corrected chi connectivity index (χ3v) is 4.13. The van der Waals surface area contributed by atoms with Crippen molar-refractivity contribution in [2.45, 2.75) is 31.7 Å². The van der Waals surface area contributed by atoms with E-state index in [1.807, 2.05) is 18.2 Å². The minimum Gasteiger partial charge on any atom is -0.348 e. The molecule has 22 heavy (non-hydrogen) atoms. The summed E-state index contributed by atoms with van der Waals surface area (Å²) in [6, 6.07) is 7.55. The van der Waals surface area contributed by atoms with E-state index in [1.54, 1.807) is 11.0 Å². The lowest BCUT2D eigenvalue weighted by Crippen LogP contribution is -2.45. The Kier molecular flexibility index (Phi) is 5.80. The molecule has 2 N–H and O–H groups in total. The van der Waals surface area contributed by atoms with E-state index in [-0.39, 0.29) is 30.3 Å². The standard InChI is InChI=1S/C16H21N3O2.ClH/c20-15-7-3-9-19(15)14-6-1-4-12(10-14)16(21)18-13-5-2-8-17-11-13;/h1,4,6,10,13,17H,2-3,5,7-9,11H2,(H,18,21);1H/t13-;/m0./s1. The first-order valence-corrected chi connectivity index (χ1v) is 7.66. The van der Waals surface area contributed by atoms with Crippen molar-refractivity contribution in [3.63, 3.8) is 0 Å². The van der Waals surface area contributed by atoms with Crippen LogP contribution in [0.15, 0.2) is 24.3 Å². The second kappa shape index (κ2) is 7.61. The van der Waals surface area contributed by atoms with Crippen LogP contribution in [0.2, 0.25) is 0 Å². The molecule has 2 saturated heterocycles. The van der Waals surface area contributed by atoms with Crippen LogP contribution in [0.1, 0.15) is 36.0 Å². The van der Waals surface area contributed by atoms with E-state index >= 15 is 0 Å². The Labute approximate surface area is 136 Å². The zero-order valence-corrected chi connectivity index (χ0v) is 13.3. The van der Waals surface area contributed by atoms with Crippen molar-refractivity contribution < 1.29 is 9.59 Å². The molecule has 2 aliphatic rings. The molecule has 2 heterocycles. The molecule has 0 bridgehead atoms. The fourth-order valence-corrected chi connectivity index (χ4v) is 2.98. The quantitative estimate of drug-likeness (QED) is 0.890. The number of piperidine rings is 1. The van der Waals surface area contributed by atoms with Gasteiger partial charge in [-0.1, -0.05) is 6.07 Å². The monoisotopic (exact) mass is 323 g/mol. The summed E-state index contributed by atoms with van der Waals surface area (Å²) in [6.45, 7) is 2.60. The normalized spacial score (nSPS) is 21.4. The van der Waals surface area contributed by atoms with E-state index in [9.17, 15) is 9.59 Å². The summed E-state index contributed by atoms with van der Waals surface area (Å²) in [5.41, 5.74) is 1.45. The fourth-order valence-electron chi connectivity index (χ4n) is 2.98. The molecule has 120 valence electrons. The molecule has 0 saturated carbocycles. The summed E-state index contributed by atoms with van der Waals surface area (Å²) >= 11 is 0. The van der Waals surface area contributed by atoms with Crippen LogP contribution in [-0.2, 0) is 4.79 Å². The Hall–Kier alpha value is -1.59. The van der Waals surface area contributed by atoms with Gasteiger partial charge in [-0.05, 0) is 44.0 Å². The molecule has 6 heteroatoms. The number of carbonyl (C=O) groups excluding carboxylic acids is 2. The van der Waals surface area contributed by atoms with Crippen LogP contribution in [0.3, 0.4) is 0 Å². The number of hydrogen-bond acceptors (Lipinski definition) is 3. The summed E-state index contributed by atoms with van der Waals surface area (Å²) in [5, 5.41) is 6.35. The van der Waals surface area contributed by atoms with Gasteiger partial charge in [-0.3, -0.25) is 9.59 Å². The van der Waals surface area contributed by atoms with Gasteiger partial charge >= 0.3 is 0 Å². The van der Waals surface area contributed by atoms with Crippen molar-refractivity contribution in [1.29, 1.82) is 0 Å². The minimum absolute atomic E-state index is 0. The smallest absolute Gasteiger partial charge is 0.251 e. The maximum atomic E-state index is 12.3. The molecule has 0 radical (unpaired) electrons. The third kappa shape index (κ3) is 3.78. The number of carbonyl (C=O) groups is 2. The number of anilines is 1. The van der Waals surface area contributed by atoms with E-state index in [1.165, 1.54) is 0 Å². The zero-order valence-electron chi connectivity index (χ0n) is 12.5. The Morgan fingerprint density at radius 2 is 2.18 bits per heavy atom. The first-order chi connectivity index (χ1) is 10.2.